The van der Waals surface area contributed by atoms with Crippen LogP contribution in [0.1, 0.15) is 25.6 Å². The highest BCUT2D eigenvalue weighted by atomic mass is 32.2. The van der Waals surface area contributed by atoms with Crippen molar-refractivity contribution in [1.82, 2.24) is 23.8 Å². The van der Waals surface area contributed by atoms with Crippen LogP contribution in [-0.2, 0) is 16.6 Å². The van der Waals surface area contributed by atoms with Gasteiger partial charge >= 0.3 is 0 Å². The highest BCUT2D eigenvalue weighted by molar-refractivity contribution is 7.89. The minimum absolute atomic E-state index is 0.138. The normalized spacial score (nSPS) is 18.8. The van der Waals surface area contributed by atoms with Gasteiger partial charge in [-0.3, -0.25) is 0 Å². The minimum atomic E-state index is -3.57. The predicted molar refractivity (Wildman–Crippen MR) is 107 cm³/mol. The maximum Gasteiger partial charge on any atom is 0.262 e. The van der Waals surface area contributed by atoms with Gasteiger partial charge in [0.05, 0.1) is 0 Å². The summed E-state index contributed by atoms with van der Waals surface area (Å²) >= 11 is 0. The fourth-order valence-electron chi connectivity index (χ4n) is 3.80. The summed E-state index contributed by atoms with van der Waals surface area (Å²) in [7, 11) is -3.57. The molecule has 2 aromatic rings. The van der Waals surface area contributed by atoms with E-state index >= 15 is 0 Å². The maximum absolute atomic E-state index is 12.9. The Morgan fingerprint density at radius 1 is 1.00 bits per heavy atom. The van der Waals surface area contributed by atoms with E-state index in [1.165, 1.54) is 17.1 Å². The van der Waals surface area contributed by atoms with Crippen molar-refractivity contribution in [2.75, 3.05) is 49.1 Å². The van der Waals surface area contributed by atoms with Gasteiger partial charge in [-0.15, -0.1) is 0 Å². The number of sulfonamides is 1. The molecule has 2 aliphatic rings. The van der Waals surface area contributed by atoms with E-state index in [2.05, 4.69) is 19.8 Å². The van der Waals surface area contributed by atoms with Gasteiger partial charge in [-0.05, 0) is 32.8 Å². The zero-order chi connectivity index (χ0) is 19.7. The molecule has 2 fully saturated rings. The van der Waals surface area contributed by atoms with Crippen LogP contribution in [0.5, 0.6) is 0 Å². The van der Waals surface area contributed by atoms with Crippen LogP contribution in [0.15, 0.2) is 23.5 Å². The highest BCUT2D eigenvalue weighted by Crippen LogP contribution is 2.22. The van der Waals surface area contributed by atoms with E-state index < -0.39 is 10.0 Å². The fraction of sp³-hybridized carbons (Fsp3) is 0.611. The van der Waals surface area contributed by atoms with Crippen molar-refractivity contribution in [2.24, 2.45) is 0 Å². The standard InChI is InChI=1S/C18H27N7O2S/c1-3-22-14-17(20-15(22)2)28(26,27)25-12-10-23(11-13-25)16-6-7-19-18(21-16)24-8-4-5-9-24/h6-7,14H,3-5,8-13H2,1-2H3. The summed E-state index contributed by atoms with van der Waals surface area (Å²) in [6.45, 7) is 8.54. The van der Waals surface area contributed by atoms with Gasteiger partial charge in [0.1, 0.15) is 11.6 Å². The van der Waals surface area contributed by atoms with Crippen molar-refractivity contribution in [3.63, 3.8) is 0 Å². The Labute approximate surface area is 166 Å². The van der Waals surface area contributed by atoms with Gasteiger partial charge in [-0.25, -0.2) is 18.4 Å². The molecule has 0 N–H and O–H groups in total. The van der Waals surface area contributed by atoms with Crippen molar-refractivity contribution >= 4 is 21.8 Å². The number of hydrogen-bond donors (Lipinski definition) is 0. The second kappa shape index (κ2) is 7.67. The van der Waals surface area contributed by atoms with Gasteiger partial charge in [0.2, 0.25) is 5.95 Å². The summed E-state index contributed by atoms with van der Waals surface area (Å²) < 4.78 is 29.3. The van der Waals surface area contributed by atoms with Gasteiger partial charge in [0, 0.05) is 58.2 Å². The first-order valence-electron chi connectivity index (χ1n) is 9.86. The Hall–Kier alpha value is -2.20. The van der Waals surface area contributed by atoms with Crippen molar-refractivity contribution < 1.29 is 8.42 Å². The van der Waals surface area contributed by atoms with Crippen LogP contribution >= 0.6 is 0 Å². The molecule has 0 amide bonds. The van der Waals surface area contributed by atoms with E-state index in [0.29, 0.717) is 32.7 Å². The summed E-state index contributed by atoms with van der Waals surface area (Å²) in [5, 5.41) is 0.138. The summed E-state index contributed by atoms with van der Waals surface area (Å²) in [5.41, 5.74) is 0. The molecule has 0 spiro atoms. The van der Waals surface area contributed by atoms with Crippen LogP contribution in [-0.4, -0.2) is 71.5 Å². The van der Waals surface area contributed by atoms with E-state index in [1.807, 2.05) is 24.5 Å². The number of hydrogen-bond acceptors (Lipinski definition) is 7. The molecule has 0 saturated carbocycles. The van der Waals surface area contributed by atoms with E-state index in [-0.39, 0.29) is 5.03 Å². The van der Waals surface area contributed by atoms with Gasteiger partial charge in [0.15, 0.2) is 5.03 Å². The summed E-state index contributed by atoms with van der Waals surface area (Å²) in [6, 6.07) is 1.90. The van der Waals surface area contributed by atoms with Crippen LogP contribution in [0.2, 0.25) is 0 Å². The average molecular weight is 406 g/mol. The van der Waals surface area contributed by atoms with Crippen molar-refractivity contribution in [3.05, 3.63) is 24.3 Å². The van der Waals surface area contributed by atoms with E-state index in [1.54, 1.807) is 12.4 Å². The Morgan fingerprint density at radius 2 is 1.71 bits per heavy atom. The third-order valence-corrected chi connectivity index (χ3v) is 7.25. The molecule has 9 nitrogen and oxygen atoms in total. The summed E-state index contributed by atoms with van der Waals surface area (Å²) in [5.74, 6) is 2.35. The maximum atomic E-state index is 12.9. The predicted octanol–water partition coefficient (Wildman–Crippen LogP) is 1.11. The molecule has 10 heteroatoms. The first-order valence-corrected chi connectivity index (χ1v) is 11.3. The number of aromatic nitrogens is 4. The highest BCUT2D eigenvalue weighted by Gasteiger charge is 2.31. The van der Waals surface area contributed by atoms with Crippen LogP contribution in [0.25, 0.3) is 0 Å². The Bertz CT molecular complexity index is 929. The lowest BCUT2D eigenvalue weighted by atomic mass is 10.3. The first-order chi connectivity index (χ1) is 13.5. The third-order valence-electron chi connectivity index (χ3n) is 5.48. The zero-order valence-electron chi connectivity index (χ0n) is 16.5. The van der Waals surface area contributed by atoms with Crippen LogP contribution in [0, 0.1) is 6.92 Å². The Morgan fingerprint density at radius 3 is 2.36 bits per heavy atom. The molecule has 152 valence electrons. The molecule has 0 unspecified atom stereocenters. The van der Waals surface area contributed by atoms with Crippen molar-refractivity contribution in [3.8, 4) is 0 Å². The molecule has 4 heterocycles. The molecule has 2 saturated heterocycles. The Kier molecular flexibility index (Phi) is 5.24. The largest absolute Gasteiger partial charge is 0.354 e. The number of anilines is 2. The zero-order valence-corrected chi connectivity index (χ0v) is 17.3. The number of imidazole rings is 1. The molecule has 28 heavy (non-hydrogen) atoms. The SMILES string of the molecule is CCn1cc(S(=O)(=O)N2CCN(c3ccnc(N4CCCC4)n3)CC2)nc1C. The number of nitrogens with zero attached hydrogens (tertiary/aromatic N) is 7. The lowest BCUT2D eigenvalue weighted by molar-refractivity contribution is 0.382. The second-order valence-electron chi connectivity index (χ2n) is 7.21. The van der Waals surface area contributed by atoms with Crippen molar-refractivity contribution in [2.45, 2.75) is 38.3 Å². The molecular formula is C18H27N7O2S. The molecule has 2 aliphatic heterocycles. The lowest BCUT2D eigenvalue weighted by Crippen LogP contribution is -2.49. The lowest BCUT2D eigenvalue weighted by Gasteiger charge is -2.34. The monoisotopic (exact) mass is 405 g/mol. The number of aryl methyl sites for hydroxylation is 2. The summed E-state index contributed by atoms with van der Waals surface area (Å²) in [4.78, 5) is 17.7. The van der Waals surface area contributed by atoms with E-state index in [0.717, 1.165) is 30.7 Å². The molecule has 0 bridgehead atoms. The molecule has 0 aliphatic carbocycles. The molecule has 4 rings (SSSR count). The van der Waals surface area contributed by atoms with E-state index in [9.17, 15) is 8.42 Å². The van der Waals surface area contributed by atoms with Gasteiger partial charge in [0.25, 0.3) is 10.0 Å². The number of piperazine rings is 1. The fourth-order valence-corrected chi connectivity index (χ4v) is 5.21. The van der Waals surface area contributed by atoms with Crippen LogP contribution in [0.4, 0.5) is 11.8 Å². The molecular weight excluding hydrogens is 378 g/mol. The topological polar surface area (TPSA) is 87.5 Å². The minimum Gasteiger partial charge on any atom is -0.354 e. The van der Waals surface area contributed by atoms with Crippen LogP contribution < -0.4 is 9.80 Å². The molecule has 0 radical (unpaired) electrons. The second-order valence-corrected chi connectivity index (χ2v) is 9.10. The average Bonchev–Trinajstić information content (AvgIpc) is 3.38. The Balaban J connectivity index is 1.45. The summed E-state index contributed by atoms with van der Waals surface area (Å²) in [6.07, 6.45) is 5.78. The van der Waals surface area contributed by atoms with Gasteiger partial charge in [-0.2, -0.15) is 9.29 Å². The third kappa shape index (κ3) is 3.58. The smallest absolute Gasteiger partial charge is 0.262 e. The van der Waals surface area contributed by atoms with Gasteiger partial charge < -0.3 is 14.4 Å². The van der Waals surface area contributed by atoms with E-state index in [4.69, 9.17) is 4.98 Å². The van der Waals surface area contributed by atoms with Crippen LogP contribution in [0.3, 0.4) is 0 Å². The van der Waals surface area contributed by atoms with Gasteiger partial charge in [-0.1, -0.05) is 0 Å². The molecule has 0 atom stereocenters. The quantitative estimate of drug-likeness (QED) is 0.736. The first kappa shape index (κ1) is 19.1. The molecule has 0 aromatic carbocycles. The molecule has 2 aromatic heterocycles. The number of rotatable bonds is 5. The van der Waals surface area contributed by atoms with Crippen molar-refractivity contribution in [1.29, 1.82) is 0 Å².